The van der Waals surface area contributed by atoms with Gasteiger partial charge in [-0.15, -0.1) is 0 Å². The predicted molar refractivity (Wildman–Crippen MR) is 118 cm³/mol. The Morgan fingerprint density at radius 2 is 1.37 bits per heavy atom. The van der Waals surface area contributed by atoms with Crippen LogP contribution in [0.5, 0.6) is 0 Å². The Morgan fingerprint density at radius 3 is 1.86 bits per heavy atom. The number of aldehydes is 1. The first-order valence-electron chi connectivity index (χ1n) is 10.7. The summed E-state index contributed by atoms with van der Waals surface area (Å²) in [7, 11) is 0. The lowest BCUT2D eigenvalue weighted by molar-refractivity contribution is -0.132. The van der Waals surface area contributed by atoms with Crippen molar-refractivity contribution in [2.45, 2.75) is 31.3 Å². The zero-order valence-electron chi connectivity index (χ0n) is 18.9. The Hall–Kier alpha value is -4.08. The quantitative estimate of drug-likeness (QED) is 0.0999. The number of nitrogens with two attached hydrogens (primary N) is 1. The zero-order chi connectivity index (χ0) is 26.2. The third-order valence-electron chi connectivity index (χ3n) is 4.55. The van der Waals surface area contributed by atoms with Gasteiger partial charge in [0.05, 0.1) is 45.2 Å². The number of primary amides is 1. The SMILES string of the molecule is NC(=O)C[C@H](NC(=O)CNC(=O)CNC(=O)CNC(=O)CNC(=O)[C@@H]1CCCN1)C(=O)NCC=O. The number of nitrogens with one attached hydrogen (secondary N) is 7. The summed E-state index contributed by atoms with van der Waals surface area (Å²) in [4.78, 5) is 92.2. The first-order chi connectivity index (χ1) is 16.6. The molecule has 1 saturated heterocycles. The molecule has 0 bridgehead atoms. The maximum Gasteiger partial charge on any atom is 0.243 e. The van der Waals surface area contributed by atoms with Gasteiger partial charge in [0.2, 0.25) is 41.4 Å². The van der Waals surface area contributed by atoms with Crippen molar-refractivity contribution >= 4 is 47.6 Å². The van der Waals surface area contributed by atoms with E-state index in [2.05, 4.69) is 37.2 Å². The summed E-state index contributed by atoms with van der Waals surface area (Å²) in [5.74, 6) is -4.81. The van der Waals surface area contributed by atoms with Crippen LogP contribution in [0, 0.1) is 0 Å². The van der Waals surface area contributed by atoms with E-state index in [0.29, 0.717) is 12.7 Å². The molecule has 1 aliphatic heterocycles. The molecule has 1 aliphatic rings. The van der Waals surface area contributed by atoms with Crippen LogP contribution in [0.25, 0.3) is 0 Å². The normalized spacial score (nSPS) is 15.1. The summed E-state index contributed by atoms with van der Waals surface area (Å²) < 4.78 is 0. The van der Waals surface area contributed by atoms with Crippen molar-refractivity contribution in [3.8, 4) is 0 Å². The average molecular weight is 498 g/mol. The maximum atomic E-state index is 11.9. The molecule has 9 N–H and O–H groups in total. The fourth-order valence-corrected chi connectivity index (χ4v) is 2.84. The Labute approximate surface area is 200 Å². The van der Waals surface area contributed by atoms with E-state index < -0.39 is 67.5 Å². The monoisotopic (exact) mass is 498 g/mol. The van der Waals surface area contributed by atoms with Gasteiger partial charge in [-0.1, -0.05) is 0 Å². The molecule has 0 aliphatic carbocycles. The van der Waals surface area contributed by atoms with E-state index in [0.717, 1.165) is 13.0 Å². The topological polar surface area (TPSA) is 247 Å². The number of carbonyl (C=O) groups excluding carboxylic acids is 8. The van der Waals surface area contributed by atoms with Gasteiger partial charge in [-0.05, 0) is 19.4 Å². The summed E-state index contributed by atoms with van der Waals surface area (Å²) in [5.41, 5.74) is 5.03. The fourth-order valence-electron chi connectivity index (χ4n) is 2.84. The van der Waals surface area contributed by atoms with Crippen molar-refractivity contribution in [1.82, 2.24) is 37.2 Å². The summed E-state index contributed by atoms with van der Waals surface area (Å²) in [6, 6.07) is -1.67. The first-order valence-corrected chi connectivity index (χ1v) is 10.7. The van der Waals surface area contributed by atoms with Gasteiger partial charge in [-0.3, -0.25) is 33.6 Å². The van der Waals surface area contributed by atoms with Crippen LogP contribution in [0.4, 0.5) is 0 Å². The molecule has 16 heteroatoms. The van der Waals surface area contributed by atoms with Crippen molar-refractivity contribution in [2.24, 2.45) is 5.73 Å². The van der Waals surface area contributed by atoms with Gasteiger partial charge in [0.1, 0.15) is 12.3 Å². The van der Waals surface area contributed by atoms with Crippen LogP contribution < -0.4 is 43.0 Å². The van der Waals surface area contributed by atoms with E-state index in [9.17, 15) is 38.4 Å². The second-order valence-electron chi connectivity index (χ2n) is 7.40. The summed E-state index contributed by atoms with van der Waals surface area (Å²) in [5, 5.41) is 16.5. The standard InChI is InChI=1S/C19H30N8O8/c20-13(29)6-12(19(35)22-4-5-28)27-17(33)10-25-15(31)8-23-14(30)7-24-16(32)9-26-18(34)11-2-1-3-21-11/h5,11-12,21H,1-4,6-10H2,(H2,20,29)(H,22,35)(H,23,30)(H,24,32)(H,25,31)(H,26,34)(H,27,33)/t11-,12-/m0/s1. The van der Waals surface area contributed by atoms with Crippen LogP contribution in [-0.2, 0) is 38.4 Å². The molecule has 0 aromatic carbocycles. The smallest absolute Gasteiger partial charge is 0.243 e. The number of carbonyl (C=O) groups is 8. The third kappa shape index (κ3) is 12.7. The van der Waals surface area contributed by atoms with E-state index in [4.69, 9.17) is 5.73 Å². The zero-order valence-corrected chi connectivity index (χ0v) is 18.9. The van der Waals surface area contributed by atoms with Crippen LogP contribution in [0.1, 0.15) is 19.3 Å². The molecule has 35 heavy (non-hydrogen) atoms. The minimum absolute atomic E-state index is 0.301. The van der Waals surface area contributed by atoms with Crippen LogP contribution in [-0.4, -0.2) is 99.0 Å². The molecule has 1 fully saturated rings. The summed E-state index contributed by atoms with van der Waals surface area (Å²) in [6.45, 7) is -1.40. The van der Waals surface area contributed by atoms with Crippen LogP contribution in [0.2, 0.25) is 0 Å². The fraction of sp³-hybridized carbons (Fsp3) is 0.579. The van der Waals surface area contributed by atoms with Crippen molar-refractivity contribution in [2.75, 3.05) is 39.3 Å². The molecule has 0 unspecified atom stereocenters. The predicted octanol–water partition coefficient (Wildman–Crippen LogP) is -6.12. The lowest BCUT2D eigenvalue weighted by atomic mass is 10.2. The van der Waals surface area contributed by atoms with Crippen LogP contribution >= 0.6 is 0 Å². The largest absolute Gasteiger partial charge is 0.370 e. The minimum Gasteiger partial charge on any atom is -0.370 e. The Balaban J connectivity index is 2.25. The second-order valence-corrected chi connectivity index (χ2v) is 7.40. The van der Waals surface area contributed by atoms with E-state index in [1.807, 2.05) is 0 Å². The van der Waals surface area contributed by atoms with E-state index in [-0.39, 0.29) is 25.0 Å². The lowest BCUT2D eigenvalue weighted by Crippen LogP contribution is -2.51. The number of hydrogen-bond acceptors (Lipinski definition) is 9. The molecule has 0 saturated carbocycles. The van der Waals surface area contributed by atoms with Crippen molar-refractivity contribution in [3.63, 3.8) is 0 Å². The highest BCUT2D eigenvalue weighted by Crippen LogP contribution is 2.03. The van der Waals surface area contributed by atoms with E-state index >= 15 is 0 Å². The molecule has 16 nitrogen and oxygen atoms in total. The number of hydrogen-bond donors (Lipinski definition) is 8. The Morgan fingerprint density at radius 1 is 0.829 bits per heavy atom. The van der Waals surface area contributed by atoms with Gasteiger partial charge >= 0.3 is 0 Å². The molecule has 0 spiro atoms. The molecule has 0 radical (unpaired) electrons. The van der Waals surface area contributed by atoms with Crippen molar-refractivity contribution < 1.29 is 38.4 Å². The van der Waals surface area contributed by atoms with Gasteiger partial charge < -0.3 is 47.7 Å². The van der Waals surface area contributed by atoms with Gasteiger partial charge in [0, 0.05) is 0 Å². The molecule has 2 atom stereocenters. The van der Waals surface area contributed by atoms with Gasteiger partial charge in [-0.2, -0.15) is 0 Å². The van der Waals surface area contributed by atoms with Crippen LogP contribution in [0.3, 0.4) is 0 Å². The van der Waals surface area contributed by atoms with Crippen LogP contribution in [0.15, 0.2) is 0 Å². The highest BCUT2D eigenvalue weighted by molar-refractivity contribution is 5.94. The van der Waals surface area contributed by atoms with E-state index in [1.165, 1.54) is 0 Å². The molecular formula is C19H30N8O8. The molecular weight excluding hydrogens is 468 g/mol. The molecule has 1 heterocycles. The second kappa shape index (κ2) is 15.7. The van der Waals surface area contributed by atoms with Gasteiger partial charge in [-0.25, -0.2) is 0 Å². The van der Waals surface area contributed by atoms with Crippen molar-refractivity contribution in [1.29, 1.82) is 0 Å². The molecule has 1 rings (SSSR count). The first kappa shape index (κ1) is 29.0. The third-order valence-corrected chi connectivity index (χ3v) is 4.55. The maximum absolute atomic E-state index is 11.9. The van der Waals surface area contributed by atoms with E-state index in [1.54, 1.807) is 0 Å². The highest BCUT2D eigenvalue weighted by atomic mass is 16.2. The summed E-state index contributed by atoms with van der Waals surface area (Å²) >= 11 is 0. The van der Waals surface area contributed by atoms with Gasteiger partial charge in [0.25, 0.3) is 0 Å². The minimum atomic E-state index is -1.33. The summed E-state index contributed by atoms with van der Waals surface area (Å²) in [6.07, 6.45) is 1.45. The molecule has 194 valence electrons. The lowest BCUT2D eigenvalue weighted by Gasteiger charge is -2.16. The van der Waals surface area contributed by atoms with Gasteiger partial charge in [0.15, 0.2) is 0 Å². The average Bonchev–Trinajstić information content (AvgIpc) is 3.36. The number of rotatable bonds is 15. The molecule has 0 aromatic rings. The Bertz CT molecular complexity index is 828. The number of amides is 7. The Kier molecular flexibility index (Phi) is 13.0. The van der Waals surface area contributed by atoms with Crippen molar-refractivity contribution in [3.05, 3.63) is 0 Å². The highest BCUT2D eigenvalue weighted by Gasteiger charge is 2.23. The molecule has 7 amide bonds. The molecule has 0 aromatic heterocycles.